The lowest BCUT2D eigenvalue weighted by Crippen LogP contribution is -2.35. The summed E-state index contributed by atoms with van der Waals surface area (Å²) in [5.41, 5.74) is 5.43. The monoisotopic (exact) mass is 268 g/mol. The Balaban J connectivity index is 2.81. The Morgan fingerprint density at radius 2 is 2.16 bits per heavy atom. The number of nitrogens with one attached hydrogen (secondary N) is 1. The second kappa shape index (κ2) is 6.84. The van der Waals surface area contributed by atoms with Gasteiger partial charge in [0, 0.05) is 0 Å². The van der Waals surface area contributed by atoms with Gasteiger partial charge in [-0.3, -0.25) is 4.79 Å². The summed E-state index contributed by atoms with van der Waals surface area (Å²) >= 11 is 0. The molecule has 1 amide bonds. The van der Waals surface area contributed by atoms with Crippen molar-refractivity contribution in [3.63, 3.8) is 0 Å². The van der Waals surface area contributed by atoms with E-state index in [1.54, 1.807) is 0 Å². The van der Waals surface area contributed by atoms with Crippen molar-refractivity contribution in [3.8, 4) is 0 Å². The summed E-state index contributed by atoms with van der Waals surface area (Å²) in [4.78, 5) is 22.7. The van der Waals surface area contributed by atoms with E-state index in [0.717, 1.165) is 25.0 Å². The van der Waals surface area contributed by atoms with Gasteiger partial charge in [-0.25, -0.2) is 9.18 Å². The van der Waals surface area contributed by atoms with Crippen molar-refractivity contribution in [1.29, 1.82) is 0 Å². The Morgan fingerprint density at radius 1 is 1.47 bits per heavy atom. The highest BCUT2D eigenvalue weighted by Gasteiger charge is 2.17. The number of unbranched alkanes of at least 4 members (excludes halogenated alkanes) is 1. The van der Waals surface area contributed by atoms with E-state index in [9.17, 15) is 14.0 Å². The van der Waals surface area contributed by atoms with Gasteiger partial charge >= 0.3 is 5.97 Å². The van der Waals surface area contributed by atoms with E-state index < -0.39 is 23.7 Å². The number of carbonyl (C=O) groups is 2. The van der Waals surface area contributed by atoms with Crippen LogP contribution in [0.4, 0.5) is 10.1 Å². The topological polar surface area (TPSA) is 92.4 Å². The normalized spacial score (nSPS) is 11.9. The summed E-state index contributed by atoms with van der Waals surface area (Å²) in [7, 11) is 0. The highest BCUT2D eigenvalue weighted by Crippen LogP contribution is 2.17. The Bertz CT molecular complexity index is 477. The minimum Gasteiger partial charge on any atom is -0.478 e. The third kappa shape index (κ3) is 4.33. The zero-order chi connectivity index (χ0) is 14.4. The second-order valence-electron chi connectivity index (χ2n) is 4.23. The third-order valence-corrected chi connectivity index (χ3v) is 2.68. The molecule has 1 rings (SSSR count). The highest BCUT2D eigenvalue weighted by atomic mass is 19.1. The van der Waals surface area contributed by atoms with Gasteiger partial charge in [0.2, 0.25) is 5.91 Å². The Morgan fingerprint density at radius 3 is 2.74 bits per heavy atom. The van der Waals surface area contributed by atoms with E-state index >= 15 is 0 Å². The molecule has 104 valence electrons. The molecule has 0 aromatic heterocycles. The van der Waals surface area contributed by atoms with Crippen molar-refractivity contribution in [2.45, 2.75) is 32.2 Å². The third-order valence-electron chi connectivity index (χ3n) is 2.68. The van der Waals surface area contributed by atoms with Crippen LogP contribution in [0.2, 0.25) is 0 Å². The Labute approximate surface area is 110 Å². The maximum absolute atomic E-state index is 13.0. The van der Waals surface area contributed by atoms with Gasteiger partial charge in [0.05, 0.1) is 17.3 Å². The fourth-order valence-electron chi connectivity index (χ4n) is 1.58. The molecule has 0 saturated carbocycles. The molecule has 1 unspecified atom stereocenters. The molecule has 0 saturated heterocycles. The van der Waals surface area contributed by atoms with E-state index in [-0.39, 0.29) is 11.3 Å². The predicted molar refractivity (Wildman–Crippen MR) is 69.5 cm³/mol. The van der Waals surface area contributed by atoms with Gasteiger partial charge in [-0.1, -0.05) is 19.8 Å². The first-order valence-electron chi connectivity index (χ1n) is 6.05. The van der Waals surface area contributed by atoms with Crippen LogP contribution in [0.5, 0.6) is 0 Å². The van der Waals surface area contributed by atoms with E-state index in [0.29, 0.717) is 6.42 Å². The number of halogens is 1. The van der Waals surface area contributed by atoms with Gasteiger partial charge in [-0.15, -0.1) is 0 Å². The fraction of sp³-hybridized carbons (Fsp3) is 0.385. The van der Waals surface area contributed by atoms with Crippen molar-refractivity contribution in [2.75, 3.05) is 5.32 Å². The molecule has 5 nitrogen and oxygen atoms in total. The first-order chi connectivity index (χ1) is 8.95. The zero-order valence-corrected chi connectivity index (χ0v) is 10.6. The summed E-state index contributed by atoms with van der Waals surface area (Å²) in [5.74, 6) is -2.45. The maximum Gasteiger partial charge on any atom is 0.337 e. The standard InChI is InChI=1S/C13H17FN2O3/c1-2-3-4-10(15)12(17)16-11-6-5-8(14)7-9(11)13(18)19/h5-7,10H,2-4,15H2,1H3,(H,16,17)(H,18,19). The van der Waals surface area contributed by atoms with Gasteiger partial charge in [0.25, 0.3) is 0 Å². The lowest BCUT2D eigenvalue weighted by molar-refractivity contribution is -0.117. The van der Waals surface area contributed by atoms with E-state index in [1.165, 1.54) is 6.07 Å². The molecule has 19 heavy (non-hydrogen) atoms. The molecular formula is C13H17FN2O3. The number of anilines is 1. The van der Waals surface area contributed by atoms with E-state index in [1.807, 2.05) is 6.92 Å². The molecule has 1 aromatic carbocycles. The van der Waals surface area contributed by atoms with Gasteiger partial charge in [-0.2, -0.15) is 0 Å². The number of hydrogen-bond acceptors (Lipinski definition) is 3. The molecule has 0 fully saturated rings. The lowest BCUT2D eigenvalue weighted by Gasteiger charge is -2.13. The fourth-order valence-corrected chi connectivity index (χ4v) is 1.58. The van der Waals surface area contributed by atoms with Crippen LogP contribution in [0.3, 0.4) is 0 Å². The van der Waals surface area contributed by atoms with Crippen molar-refractivity contribution < 1.29 is 19.1 Å². The number of hydrogen-bond donors (Lipinski definition) is 3. The van der Waals surface area contributed by atoms with Crippen LogP contribution >= 0.6 is 0 Å². The van der Waals surface area contributed by atoms with Gasteiger partial charge in [-0.05, 0) is 24.6 Å². The molecular weight excluding hydrogens is 251 g/mol. The van der Waals surface area contributed by atoms with Crippen molar-refractivity contribution in [3.05, 3.63) is 29.6 Å². The molecule has 6 heteroatoms. The SMILES string of the molecule is CCCCC(N)C(=O)Nc1ccc(F)cc1C(=O)O. The summed E-state index contributed by atoms with van der Waals surface area (Å²) in [6.07, 6.45) is 2.24. The van der Waals surface area contributed by atoms with Crippen molar-refractivity contribution in [1.82, 2.24) is 0 Å². The van der Waals surface area contributed by atoms with Crippen LogP contribution in [0.1, 0.15) is 36.5 Å². The molecule has 0 aliphatic heterocycles. The van der Waals surface area contributed by atoms with Crippen molar-refractivity contribution in [2.24, 2.45) is 5.73 Å². The smallest absolute Gasteiger partial charge is 0.337 e. The molecule has 0 aliphatic carbocycles. The number of amides is 1. The van der Waals surface area contributed by atoms with Crippen LogP contribution < -0.4 is 11.1 Å². The lowest BCUT2D eigenvalue weighted by atomic mass is 10.1. The zero-order valence-electron chi connectivity index (χ0n) is 10.6. The second-order valence-corrected chi connectivity index (χ2v) is 4.23. The maximum atomic E-state index is 13.0. The number of nitrogens with two attached hydrogens (primary N) is 1. The van der Waals surface area contributed by atoms with Crippen LogP contribution in [-0.4, -0.2) is 23.0 Å². The number of benzene rings is 1. The molecule has 0 heterocycles. The molecule has 0 radical (unpaired) electrons. The minimum absolute atomic E-state index is 0.0471. The Kier molecular flexibility index (Phi) is 5.44. The first-order valence-corrected chi connectivity index (χ1v) is 6.05. The van der Waals surface area contributed by atoms with E-state index in [4.69, 9.17) is 10.8 Å². The summed E-state index contributed by atoms with van der Waals surface area (Å²) in [6, 6.07) is 2.45. The van der Waals surface area contributed by atoms with Crippen LogP contribution in [-0.2, 0) is 4.79 Å². The number of carboxylic acid groups (broad SMARTS) is 1. The highest BCUT2D eigenvalue weighted by molar-refractivity contribution is 6.02. The number of aromatic carboxylic acids is 1. The first kappa shape index (κ1) is 15.1. The summed E-state index contributed by atoms with van der Waals surface area (Å²) in [5, 5.41) is 11.4. The average Bonchev–Trinajstić information content (AvgIpc) is 2.37. The summed E-state index contributed by atoms with van der Waals surface area (Å²) < 4.78 is 13.0. The van der Waals surface area contributed by atoms with Gasteiger partial charge in [0.1, 0.15) is 5.82 Å². The molecule has 1 aromatic rings. The predicted octanol–water partition coefficient (Wildman–Crippen LogP) is 1.98. The largest absolute Gasteiger partial charge is 0.478 e. The Hall–Kier alpha value is -1.95. The molecule has 4 N–H and O–H groups in total. The number of rotatable bonds is 6. The molecule has 0 spiro atoms. The average molecular weight is 268 g/mol. The van der Waals surface area contributed by atoms with Crippen molar-refractivity contribution >= 4 is 17.6 Å². The molecule has 1 atom stereocenters. The van der Waals surface area contributed by atoms with E-state index in [2.05, 4.69) is 5.32 Å². The van der Waals surface area contributed by atoms with Crippen LogP contribution in [0.25, 0.3) is 0 Å². The van der Waals surface area contributed by atoms with Gasteiger partial charge < -0.3 is 16.2 Å². The van der Waals surface area contributed by atoms with Crippen LogP contribution in [0.15, 0.2) is 18.2 Å². The quantitative estimate of drug-likeness (QED) is 0.735. The minimum atomic E-state index is -1.31. The van der Waals surface area contributed by atoms with Crippen LogP contribution in [0, 0.1) is 5.82 Å². The number of carboxylic acids is 1. The molecule has 0 bridgehead atoms. The number of carbonyl (C=O) groups excluding carboxylic acids is 1. The molecule has 0 aliphatic rings. The summed E-state index contributed by atoms with van der Waals surface area (Å²) in [6.45, 7) is 1.98. The van der Waals surface area contributed by atoms with Gasteiger partial charge in [0.15, 0.2) is 0 Å².